The van der Waals surface area contributed by atoms with Gasteiger partial charge in [-0.2, -0.15) is 0 Å². The lowest BCUT2D eigenvalue weighted by Crippen LogP contribution is -2.53. The Morgan fingerprint density at radius 3 is 2.42 bits per heavy atom. The van der Waals surface area contributed by atoms with Gasteiger partial charge in [0, 0.05) is 19.3 Å². The van der Waals surface area contributed by atoms with Crippen molar-refractivity contribution in [1.82, 2.24) is 5.32 Å². The van der Waals surface area contributed by atoms with Gasteiger partial charge in [-0.3, -0.25) is 10.1 Å². The van der Waals surface area contributed by atoms with Crippen molar-refractivity contribution in [1.29, 1.82) is 0 Å². The third-order valence-electron chi connectivity index (χ3n) is 2.80. The molecule has 1 N–H and O–H groups in total. The minimum absolute atomic E-state index is 0.0286. The third kappa shape index (κ3) is 7.50. The highest BCUT2D eigenvalue weighted by Gasteiger charge is 2.34. The molecule has 0 rings (SSSR count). The number of hydrogen-bond acceptors (Lipinski definition) is 5. The molecule has 0 aromatic rings. The number of ether oxygens (including phenoxy) is 3. The average Bonchev–Trinajstić information content (AvgIpc) is 2.34. The molecule has 5 heteroatoms. The summed E-state index contributed by atoms with van der Waals surface area (Å²) in [5, 5.41) is 3.24. The smallest absolute Gasteiger partial charge is 0.325 e. The van der Waals surface area contributed by atoms with Gasteiger partial charge in [0.15, 0.2) is 0 Å². The van der Waals surface area contributed by atoms with Crippen LogP contribution >= 0.6 is 0 Å². The molecule has 0 saturated carbocycles. The van der Waals surface area contributed by atoms with Crippen LogP contribution in [0.1, 0.15) is 41.0 Å². The summed E-state index contributed by atoms with van der Waals surface area (Å²) in [6.07, 6.45) is 0.592. The van der Waals surface area contributed by atoms with Gasteiger partial charge in [0.25, 0.3) is 0 Å². The molecule has 0 saturated heterocycles. The molecule has 0 aliphatic heterocycles. The Kier molecular flexibility index (Phi) is 8.97. The Labute approximate surface area is 117 Å². The van der Waals surface area contributed by atoms with E-state index in [1.54, 1.807) is 0 Å². The SMILES string of the molecule is CCOCC(C)OCCC(C)(NC(C)C)C(=O)OC. The van der Waals surface area contributed by atoms with Gasteiger partial charge in [0.1, 0.15) is 5.54 Å². The first-order chi connectivity index (χ1) is 8.85. The molecule has 5 nitrogen and oxygen atoms in total. The minimum atomic E-state index is -0.714. The quantitative estimate of drug-likeness (QED) is 0.616. The number of carbonyl (C=O) groups excluding carboxylic acids is 1. The summed E-state index contributed by atoms with van der Waals surface area (Å²) in [6, 6.07) is 0.199. The Morgan fingerprint density at radius 2 is 1.95 bits per heavy atom. The molecule has 19 heavy (non-hydrogen) atoms. The van der Waals surface area contributed by atoms with Crippen LogP contribution in [0.5, 0.6) is 0 Å². The molecule has 0 aromatic heterocycles. The molecule has 2 atom stereocenters. The largest absolute Gasteiger partial charge is 0.468 e. The van der Waals surface area contributed by atoms with Gasteiger partial charge in [-0.15, -0.1) is 0 Å². The van der Waals surface area contributed by atoms with E-state index in [0.717, 1.165) is 0 Å². The first-order valence-electron chi connectivity index (χ1n) is 6.91. The van der Waals surface area contributed by atoms with Gasteiger partial charge in [-0.05, 0) is 41.0 Å². The van der Waals surface area contributed by atoms with E-state index in [-0.39, 0.29) is 18.1 Å². The zero-order valence-electron chi connectivity index (χ0n) is 13.1. The monoisotopic (exact) mass is 275 g/mol. The maximum atomic E-state index is 11.9. The summed E-state index contributed by atoms with van der Waals surface area (Å²) in [5.74, 6) is -0.262. The molecule has 0 aliphatic carbocycles. The standard InChI is InChI=1S/C14H29NO4/c1-7-18-10-12(4)19-9-8-14(5,13(16)17-6)15-11(2)3/h11-12,15H,7-10H2,1-6H3. The van der Waals surface area contributed by atoms with Crippen molar-refractivity contribution in [2.24, 2.45) is 0 Å². The molecular weight excluding hydrogens is 246 g/mol. The molecule has 0 fully saturated rings. The first-order valence-corrected chi connectivity index (χ1v) is 6.91. The van der Waals surface area contributed by atoms with Crippen LogP contribution in [-0.2, 0) is 19.0 Å². The summed E-state index contributed by atoms with van der Waals surface area (Å²) in [6.45, 7) is 11.5. The third-order valence-corrected chi connectivity index (χ3v) is 2.80. The van der Waals surface area contributed by atoms with E-state index >= 15 is 0 Å². The van der Waals surface area contributed by atoms with Crippen molar-refractivity contribution < 1.29 is 19.0 Å². The zero-order chi connectivity index (χ0) is 14.9. The van der Waals surface area contributed by atoms with E-state index in [9.17, 15) is 4.79 Å². The van der Waals surface area contributed by atoms with E-state index < -0.39 is 5.54 Å². The molecule has 0 heterocycles. The van der Waals surface area contributed by atoms with Crippen molar-refractivity contribution in [3.05, 3.63) is 0 Å². The van der Waals surface area contributed by atoms with Crippen LogP contribution in [-0.4, -0.2) is 50.6 Å². The Bertz CT molecular complexity index is 258. The summed E-state index contributed by atoms with van der Waals surface area (Å²) >= 11 is 0. The molecular formula is C14H29NO4. The molecule has 0 radical (unpaired) electrons. The van der Waals surface area contributed by atoms with Gasteiger partial charge in [-0.25, -0.2) is 0 Å². The van der Waals surface area contributed by atoms with Gasteiger partial charge >= 0.3 is 5.97 Å². The summed E-state index contributed by atoms with van der Waals surface area (Å²) in [4.78, 5) is 11.9. The fraction of sp³-hybridized carbons (Fsp3) is 0.929. The van der Waals surface area contributed by atoms with E-state index in [4.69, 9.17) is 14.2 Å². The number of esters is 1. The Hall–Kier alpha value is -0.650. The lowest BCUT2D eigenvalue weighted by atomic mass is 9.97. The van der Waals surface area contributed by atoms with Crippen molar-refractivity contribution in [2.45, 2.75) is 58.7 Å². The topological polar surface area (TPSA) is 56.8 Å². The van der Waals surface area contributed by atoms with E-state index in [1.807, 2.05) is 34.6 Å². The number of methoxy groups -OCH3 is 1. The lowest BCUT2D eigenvalue weighted by Gasteiger charge is -2.30. The first kappa shape index (κ1) is 18.4. The minimum Gasteiger partial charge on any atom is -0.468 e. The molecule has 2 unspecified atom stereocenters. The summed E-state index contributed by atoms with van der Waals surface area (Å²) in [7, 11) is 1.40. The number of hydrogen-bond donors (Lipinski definition) is 1. The van der Waals surface area contributed by atoms with Gasteiger partial charge < -0.3 is 14.2 Å². The number of nitrogens with one attached hydrogen (secondary N) is 1. The van der Waals surface area contributed by atoms with Crippen LogP contribution < -0.4 is 5.32 Å². The molecule has 0 spiro atoms. The fourth-order valence-corrected chi connectivity index (χ4v) is 1.89. The van der Waals surface area contributed by atoms with Crippen molar-refractivity contribution >= 4 is 5.97 Å². The zero-order valence-corrected chi connectivity index (χ0v) is 13.1. The summed E-state index contributed by atoms with van der Waals surface area (Å²) in [5.41, 5.74) is -0.714. The Morgan fingerprint density at radius 1 is 1.32 bits per heavy atom. The molecule has 0 amide bonds. The van der Waals surface area contributed by atoms with Gasteiger partial charge in [0.05, 0.1) is 19.8 Å². The van der Waals surface area contributed by atoms with Crippen molar-refractivity contribution in [2.75, 3.05) is 26.9 Å². The van der Waals surface area contributed by atoms with Gasteiger partial charge in [-0.1, -0.05) is 0 Å². The average molecular weight is 275 g/mol. The van der Waals surface area contributed by atoms with Crippen LogP contribution in [0.15, 0.2) is 0 Å². The van der Waals surface area contributed by atoms with E-state index in [2.05, 4.69) is 5.32 Å². The molecule has 0 aromatic carbocycles. The highest BCUT2D eigenvalue weighted by Crippen LogP contribution is 2.14. The van der Waals surface area contributed by atoms with Crippen LogP contribution in [0.2, 0.25) is 0 Å². The van der Waals surface area contributed by atoms with Crippen molar-refractivity contribution in [3.8, 4) is 0 Å². The predicted octanol–water partition coefficient (Wildman–Crippen LogP) is 1.75. The second kappa shape index (κ2) is 9.28. The predicted molar refractivity (Wildman–Crippen MR) is 75.2 cm³/mol. The van der Waals surface area contributed by atoms with Crippen molar-refractivity contribution in [3.63, 3.8) is 0 Å². The molecule has 0 aliphatic rings. The molecule has 0 bridgehead atoms. The normalized spacial score (nSPS) is 16.2. The maximum absolute atomic E-state index is 11.9. The van der Waals surface area contributed by atoms with Crippen LogP contribution in [0.3, 0.4) is 0 Å². The highest BCUT2D eigenvalue weighted by molar-refractivity contribution is 5.80. The second-order valence-corrected chi connectivity index (χ2v) is 5.21. The summed E-state index contributed by atoms with van der Waals surface area (Å²) < 4.78 is 15.8. The Balaban J connectivity index is 4.23. The van der Waals surface area contributed by atoms with E-state index in [0.29, 0.717) is 26.2 Å². The van der Waals surface area contributed by atoms with Crippen LogP contribution in [0.4, 0.5) is 0 Å². The fourth-order valence-electron chi connectivity index (χ4n) is 1.89. The lowest BCUT2D eigenvalue weighted by molar-refractivity contribution is -0.149. The van der Waals surface area contributed by atoms with Crippen LogP contribution in [0.25, 0.3) is 0 Å². The number of carbonyl (C=O) groups is 1. The van der Waals surface area contributed by atoms with E-state index in [1.165, 1.54) is 7.11 Å². The maximum Gasteiger partial charge on any atom is 0.325 e. The highest BCUT2D eigenvalue weighted by atomic mass is 16.5. The molecule has 114 valence electrons. The van der Waals surface area contributed by atoms with Gasteiger partial charge in [0.2, 0.25) is 0 Å². The van der Waals surface area contributed by atoms with Crippen LogP contribution in [0, 0.1) is 0 Å². The second-order valence-electron chi connectivity index (χ2n) is 5.21. The number of rotatable bonds is 10.